The Labute approximate surface area is 159 Å². The first-order valence-corrected chi connectivity index (χ1v) is 8.34. The standard InChI is InChI=1S/C19H30N2O.2ClH/c1-5-6-7-18(21-14-12-20-13-15-21)16-8-10-17(11-9-16)22-19(2,3)4;;/h5,8-11,18,20H,1,6-7,12-15H2,2-4H3;2*1H/t18-;;/m1../s1. The molecule has 2 rings (SSSR count). The third-order valence-corrected chi connectivity index (χ3v) is 3.93. The van der Waals surface area contributed by atoms with Crippen LogP contribution in [0.1, 0.15) is 45.2 Å². The van der Waals surface area contributed by atoms with Gasteiger partial charge in [0.25, 0.3) is 0 Å². The topological polar surface area (TPSA) is 24.5 Å². The quantitative estimate of drug-likeness (QED) is 0.735. The van der Waals surface area contributed by atoms with Crippen LogP contribution in [-0.2, 0) is 0 Å². The summed E-state index contributed by atoms with van der Waals surface area (Å²) < 4.78 is 5.92. The summed E-state index contributed by atoms with van der Waals surface area (Å²) in [6.07, 6.45) is 4.20. The molecule has 0 aliphatic carbocycles. The Hall–Kier alpha value is -0.740. The van der Waals surface area contributed by atoms with Gasteiger partial charge in [0.05, 0.1) is 0 Å². The Morgan fingerprint density at radius 1 is 1.17 bits per heavy atom. The maximum atomic E-state index is 5.92. The maximum absolute atomic E-state index is 5.92. The summed E-state index contributed by atoms with van der Waals surface area (Å²) in [6, 6.07) is 9.12. The molecule has 0 spiro atoms. The first kappa shape index (κ1) is 23.3. The minimum absolute atomic E-state index is 0. The average Bonchev–Trinajstić information content (AvgIpc) is 2.49. The van der Waals surface area contributed by atoms with Crippen molar-refractivity contribution in [2.75, 3.05) is 26.2 Å². The molecule has 0 bridgehead atoms. The Morgan fingerprint density at radius 2 is 1.75 bits per heavy atom. The van der Waals surface area contributed by atoms with Crippen molar-refractivity contribution in [1.29, 1.82) is 0 Å². The number of ether oxygens (including phenoxy) is 1. The van der Waals surface area contributed by atoms with Crippen molar-refractivity contribution in [3.05, 3.63) is 42.5 Å². The molecule has 1 aromatic carbocycles. The van der Waals surface area contributed by atoms with Gasteiger partial charge < -0.3 is 10.1 Å². The van der Waals surface area contributed by atoms with E-state index >= 15 is 0 Å². The van der Waals surface area contributed by atoms with Gasteiger partial charge in [-0.2, -0.15) is 0 Å². The molecule has 1 fully saturated rings. The molecule has 0 unspecified atom stereocenters. The zero-order valence-electron chi connectivity index (χ0n) is 15.1. The molecule has 1 aliphatic heterocycles. The highest BCUT2D eigenvalue weighted by atomic mass is 35.5. The van der Waals surface area contributed by atoms with Crippen LogP contribution >= 0.6 is 24.8 Å². The number of nitrogens with zero attached hydrogens (tertiary/aromatic N) is 1. The van der Waals surface area contributed by atoms with Crippen LogP contribution in [-0.4, -0.2) is 36.7 Å². The summed E-state index contributed by atoms with van der Waals surface area (Å²) in [7, 11) is 0. The van der Waals surface area contributed by atoms with E-state index in [1.165, 1.54) is 5.56 Å². The number of rotatable bonds is 6. The Bertz CT molecular complexity index is 465. The van der Waals surface area contributed by atoms with E-state index in [0.29, 0.717) is 6.04 Å². The lowest BCUT2D eigenvalue weighted by Crippen LogP contribution is -2.45. The molecule has 0 aromatic heterocycles. The predicted octanol–water partition coefficient (Wildman–Crippen LogP) is 4.62. The van der Waals surface area contributed by atoms with E-state index in [-0.39, 0.29) is 30.4 Å². The normalized spacial score (nSPS) is 16.5. The predicted molar refractivity (Wildman–Crippen MR) is 108 cm³/mol. The van der Waals surface area contributed by atoms with Crippen LogP contribution in [0.25, 0.3) is 0 Å². The summed E-state index contributed by atoms with van der Waals surface area (Å²) in [4.78, 5) is 2.58. The maximum Gasteiger partial charge on any atom is 0.120 e. The van der Waals surface area contributed by atoms with Crippen molar-refractivity contribution in [2.24, 2.45) is 0 Å². The molecule has 1 aromatic rings. The van der Waals surface area contributed by atoms with Gasteiger partial charge in [0, 0.05) is 32.2 Å². The van der Waals surface area contributed by atoms with Crippen LogP contribution in [0.5, 0.6) is 5.75 Å². The highest BCUT2D eigenvalue weighted by Gasteiger charge is 2.21. The zero-order valence-corrected chi connectivity index (χ0v) is 16.7. The fourth-order valence-corrected chi connectivity index (χ4v) is 2.94. The molecule has 24 heavy (non-hydrogen) atoms. The Morgan fingerprint density at radius 3 is 2.25 bits per heavy atom. The summed E-state index contributed by atoms with van der Waals surface area (Å²) in [6.45, 7) is 14.5. The number of hydrogen-bond donors (Lipinski definition) is 1. The lowest BCUT2D eigenvalue weighted by atomic mass is 9.99. The van der Waals surface area contributed by atoms with Gasteiger partial charge in [-0.3, -0.25) is 4.90 Å². The Kier molecular flexibility index (Phi) is 10.6. The van der Waals surface area contributed by atoms with Crippen LogP contribution < -0.4 is 10.1 Å². The number of halogens is 2. The number of hydrogen-bond acceptors (Lipinski definition) is 3. The van der Waals surface area contributed by atoms with Gasteiger partial charge in [0.2, 0.25) is 0 Å². The highest BCUT2D eigenvalue weighted by Crippen LogP contribution is 2.28. The third-order valence-electron chi connectivity index (χ3n) is 3.93. The molecule has 1 saturated heterocycles. The Balaban J connectivity index is 0.00000264. The molecule has 1 heterocycles. The number of benzene rings is 1. The fourth-order valence-electron chi connectivity index (χ4n) is 2.94. The summed E-state index contributed by atoms with van der Waals surface area (Å²) in [5.74, 6) is 0.944. The van der Waals surface area contributed by atoms with E-state index in [1.54, 1.807) is 0 Å². The van der Waals surface area contributed by atoms with Gasteiger partial charge in [0.15, 0.2) is 0 Å². The van der Waals surface area contributed by atoms with Gasteiger partial charge >= 0.3 is 0 Å². The van der Waals surface area contributed by atoms with E-state index in [4.69, 9.17) is 4.74 Å². The molecular formula is C19H32Cl2N2O. The molecule has 138 valence electrons. The van der Waals surface area contributed by atoms with Crippen molar-refractivity contribution in [1.82, 2.24) is 10.2 Å². The second-order valence-corrected chi connectivity index (χ2v) is 6.95. The van der Waals surface area contributed by atoms with Gasteiger partial charge in [-0.05, 0) is 51.3 Å². The van der Waals surface area contributed by atoms with Crippen LogP contribution in [0.2, 0.25) is 0 Å². The molecule has 5 heteroatoms. The van der Waals surface area contributed by atoms with E-state index < -0.39 is 0 Å². The van der Waals surface area contributed by atoms with Gasteiger partial charge in [-0.15, -0.1) is 31.4 Å². The highest BCUT2D eigenvalue weighted by molar-refractivity contribution is 5.85. The minimum Gasteiger partial charge on any atom is -0.488 e. The zero-order chi connectivity index (χ0) is 16.0. The molecular weight excluding hydrogens is 343 g/mol. The second-order valence-electron chi connectivity index (χ2n) is 6.95. The molecule has 3 nitrogen and oxygen atoms in total. The van der Waals surface area contributed by atoms with E-state index in [2.05, 4.69) is 61.8 Å². The molecule has 0 saturated carbocycles. The summed E-state index contributed by atoms with van der Waals surface area (Å²) >= 11 is 0. The van der Waals surface area contributed by atoms with E-state index in [0.717, 1.165) is 44.8 Å². The largest absolute Gasteiger partial charge is 0.488 e. The molecule has 0 amide bonds. The number of allylic oxidation sites excluding steroid dienone is 1. The van der Waals surface area contributed by atoms with E-state index in [1.807, 2.05) is 6.08 Å². The minimum atomic E-state index is -0.150. The van der Waals surface area contributed by atoms with Gasteiger partial charge in [-0.25, -0.2) is 0 Å². The lowest BCUT2D eigenvalue weighted by molar-refractivity contribution is 0.130. The van der Waals surface area contributed by atoms with Crippen LogP contribution in [0.3, 0.4) is 0 Å². The summed E-state index contributed by atoms with van der Waals surface area (Å²) in [5, 5.41) is 3.43. The molecule has 1 N–H and O–H groups in total. The summed E-state index contributed by atoms with van der Waals surface area (Å²) in [5.41, 5.74) is 1.23. The van der Waals surface area contributed by atoms with Gasteiger partial charge in [-0.1, -0.05) is 18.2 Å². The average molecular weight is 375 g/mol. The first-order valence-electron chi connectivity index (χ1n) is 8.34. The van der Waals surface area contributed by atoms with Crippen LogP contribution in [0, 0.1) is 0 Å². The van der Waals surface area contributed by atoms with Gasteiger partial charge in [0.1, 0.15) is 11.4 Å². The smallest absolute Gasteiger partial charge is 0.120 e. The van der Waals surface area contributed by atoms with Crippen molar-refractivity contribution in [3.63, 3.8) is 0 Å². The molecule has 1 atom stereocenters. The first-order chi connectivity index (χ1) is 10.5. The van der Waals surface area contributed by atoms with Crippen LogP contribution in [0.15, 0.2) is 36.9 Å². The second kappa shape index (κ2) is 11.0. The molecule has 1 aliphatic rings. The van der Waals surface area contributed by atoms with Crippen molar-refractivity contribution < 1.29 is 4.74 Å². The third kappa shape index (κ3) is 7.43. The van der Waals surface area contributed by atoms with E-state index in [9.17, 15) is 0 Å². The lowest BCUT2D eigenvalue weighted by Gasteiger charge is -2.35. The van der Waals surface area contributed by atoms with Crippen molar-refractivity contribution in [2.45, 2.75) is 45.3 Å². The van der Waals surface area contributed by atoms with Crippen molar-refractivity contribution >= 4 is 24.8 Å². The fraction of sp³-hybridized carbons (Fsp3) is 0.579. The van der Waals surface area contributed by atoms with Crippen LogP contribution in [0.4, 0.5) is 0 Å². The SMILES string of the molecule is C=CCC[C@H](c1ccc(OC(C)(C)C)cc1)N1CCNCC1.Cl.Cl. The number of nitrogens with one attached hydrogen (secondary N) is 1. The number of piperazine rings is 1. The molecule has 0 radical (unpaired) electrons. The monoisotopic (exact) mass is 374 g/mol. The van der Waals surface area contributed by atoms with Crippen molar-refractivity contribution in [3.8, 4) is 5.75 Å².